The number of benzene rings is 1. The Morgan fingerprint density at radius 1 is 1.09 bits per heavy atom. The van der Waals surface area contributed by atoms with Gasteiger partial charge in [0.15, 0.2) is 5.82 Å². The number of nitrogens with zero attached hydrogens (tertiary/aromatic N) is 6. The van der Waals surface area contributed by atoms with Crippen LogP contribution in [0.1, 0.15) is 45.7 Å². The van der Waals surface area contributed by atoms with E-state index in [0.29, 0.717) is 5.82 Å². The topological polar surface area (TPSA) is 87.2 Å². The summed E-state index contributed by atoms with van der Waals surface area (Å²) in [6.07, 6.45) is 3.94. The predicted molar refractivity (Wildman–Crippen MR) is 127 cm³/mol. The molecule has 9 heteroatoms. The van der Waals surface area contributed by atoms with Gasteiger partial charge in [-0.1, -0.05) is 24.3 Å². The first-order chi connectivity index (χ1) is 15.9. The highest BCUT2D eigenvalue weighted by molar-refractivity contribution is 7.15. The van der Waals surface area contributed by atoms with Crippen LogP contribution in [-0.4, -0.2) is 43.3 Å². The molecule has 1 aromatic carbocycles. The summed E-state index contributed by atoms with van der Waals surface area (Å²) in [5.41, 5.74) is 6.20. The highest BCUT2D eigenvalue weighted by Crippen LogP contribution is 2.39. The third-order valence-corrected chi connectivity index (χ3v) is 7.22. The number of aryl methyl sites for hydroxylation is 3. The molecule has 168 valence electrons. The molecule has 0 spiro atoms. The van der Waals surface area contributed by atoms with Crippen molar-refractivity contribution in [2.24, 2.45) is 12.0 Å². The smallest absolute Gasteiger partial charge is 0.308 e. The van der Waals surface area contributed by atoms with Crippen LogP contribution in [0.2, 0.25) is 0 Å². The number of hydrogen-bond acceptors (Lipinski definition) is 7. The first kappa shape index (κ1) is 21.3. The van der Waals surface area contributed by atoms with Crippen molar-refractivity contribution in [3.63, 3.8) is 0 Å². The van der Waals surface area contributed by atoms with Crippen molar-refractivity contribution in [3.8, 4) is 16.1 Å². The Labute approximate surface area is 195 Å². The van der Waals surface area contributed by atoms with Gasteiger partial charge in [0.05, 0.1) is 25.4 Å². The molecule has 0 aliphatic carbocycles. The molecule has 0 radical (unpaired) electrons. The lowest BCUT2D eigenvalue weighted by Crippen LogP contribution is -2.12. The van der Waals surface area contributed by atoms with Gasteiger partial charge in [0, 0.05) is 34.8 Å². The fourth-order valence-corrected chi connectivity index (χ4v) is 5.37. The van der Waals surface area contributed by atoms with E-state index in [4.69, 9.17) is 9.73 Å². The van der Waals surface area contributed by atoms with E-state index in [1.54, 1.807) is 16.0 Å². The summed E-state index contributed by atoms with van der Waals surface area (Å²) < 4.78 is 8.78. The van der Waals surface area contributed by atoms with Gasteiger partial charge in [-0.2, -0.15) is 5.10 Å². The van der Waals surface area contributed by atoms with E-state index in [1.165, 1.54) is 17.6 Å². The zero-order chi connectivity index (χ0) is 23.3. The maximum absolute atomic E-state index is 12.2. The van der Waals surface area contributed by atoms with Gasteiger partial charge in [-0.25, -0.2) is 0 Å². The minimum atomic E-state index is -0.494. The fourth-order valence-electron chi connectivity index (χ4n) is 4.16. The number of carbonyl (C=O) groups is 1. The second kappa shape index (κ2) is 8.08. The molecule has 0 fully saturated rings. The molecule has 4 heterocycles. The van der Waals surface area contributed by atoms with E-state index < -0.39 is 6.04 Å². The van der Waals surface area contributed by atoms with Gasteiger partial charge >= 0.3 is 5.97 Å². The van der Waals surface area contributed by atoms with Gasteiger partial charge < -0.3 is 4.74 Å². The van der Waals surface area contributed by atoms with Crippen LogP contribution < -0.4 is 0 Å². The number of fused-ring (bicyclic) bond motifs is 3. The molecule has 0 unspecified atom stereocenters. The molecule has 8 nitrogen and oxygen atoms in total. The first-order valence-corrected chi connectivity index (χ1v) is 11.5. The largest absolute Gasteiger partial charge is 0.469 e. The van der Waals surface area contributed by atoms with E-state index >= 15 is 0 Å². The van der Waals surface area contributed by atoms with Crippen LogP contribution in [-0.2, 0) is 16.6 Å². The molecule has 1 aliphatic heterocycles. The predicted octanol–water partition coefficient (Wildman–Crippen LogP) is 4.11. The minimum Gasteiger partial charge on any atom is -0.469 e. The molecule has 0 bridgehead atoms. The third-order valence-electron chi connectivity index (χ3n) is 6.02. The van der Waals surface area contributed by atoms with Crippen LogP contribution in [0.25, 0.3) is 16.1 Å². The highest BCUT2D eigenvalue weighted by atomic mass is 32.1. The number of thiophene rings is 1. The molecule has 1 aliphatic rings. The fraction of sp³-hybridized carbons (Fsp3) is 0.292. The Morgan fingerprint density at radius 3 is 2.48 bits per heavy atom. The van der Waals surface area contributed by atoms with E-state index in [1.807, 2.05) is 30.9 Å². The van der Waals surface area contributed by atoms with Gasteiger partial charge in [0.25, 0.3) is 0 Å². The second-order valence-corrected chi connectivity index (χ2v) is 9.36. The van der Waals surface area contributed by atoms with E-state index in [0.717, 1.165) is 38.8 Å². The van der Waals surface area contributed by atoms with Crippen molar-refractivity contribution >= 4 is 23.0 Å². The van der Waals surface area contributed by atoms with Crippen molar-refractivity contribution < 1.29 is 9.53 Å². The van der Waals surface area contributed by atoms with Crippen molar-refractivity contribution in [3.05, 3.63) is 69.9 Å². The van der Waals surface area contributed by atoms with Crippen molar-refractivity contribution in [2.75, 3.05) is 7.11 Å². The van der Waals surface area contributed by atoms with Crippen LogP contribution in [0.4, 0.5) is 0 Å². The van der Waals surface area contributed by atoms with E-state index in [2.05, 4.69) is 53.4 Å². The van der Waals surface area contributed by atoms with Crippen molar-refractivity contribution in [1.82, 2.24) is 24.5 Å². The Bertz CT molecular complexity index is 1390. The van der Waals surface area contributed by atoms with E-state index in [9.17, 15) is 4.79 Å². The van der Waals surface area contributed by atoms with Gasteiger partial charge in [-0.3, -0.25) is 19.0 Å². The molecule has 0 N–H and O–H groups in total. The lowest BCUT2D eigenvalue weighted by atomic mass is 9.97. The normalized spacial score (nSPS) is 14.9. The molecule has 0 saturated heterocycles. The minimum absolute atomic E-state index is 0.0961. The summed E-state index contributed by atoms with van der Waals surface area (Å²) in [4.78, 5) is 18.5. The molecule has 0 saturated carbocycles. The number of ether oxygens (including phenoxy) is 1. The molecular weight excluding hydrogens is 436 g/mol. The number of aromatic nitrogens is 5. The van der Waals surface area contributed by atoms with Gasteiger partial charge in [0.1, 0.15) is 16.9 Å². The van der Waals surface area contributed by atoms with Crippen LogP contribution in [0.3, 0.4) is 0 Å². The molecule has 33 heavy (non-hydrogen) atoms. The third kappa shape index (κ3) is 3.58. The lowest BCUT2D eigenvalue weighted by Gasteiger charge is -2.12. The lowest BCUT2D eigenvalue weighted by molar-refractivity contribution is -0.141. The number of rotatable bonds is 4. The summed E-state index contributed by atoms with van der Waals surface area (Å²) in [7, 11) is 3.30. The number of esters is 1. The standard InChI is InChI=1S/C24H24N6O2S/c1-13-14(2)33-24-21(13)22(17-8-6-16(7-9-17)18-11-25-29(4)12-18)26-19(10-20(31)32-5)23-28-27-15(3)30(23)24/h6-9,11-12,19H,10H2,1-5H3/t19-/m0/s1. The molecular formula is C24H24N6O2S. The highest BCUT2D eigenvalue weighted by Gasteiger charge is 2.32. The van der Waals surface area contributed by atoms with Crippen LogP contribution >= 0.6 is 11.3 Å². The summed E-state index contributed by atoms with van der Waals surface area (Å²) in [6.45, 7) is 6.15. The van der Waals surface area contributed by atoms with Gasteiger partial charge in [-0.05, 0) is 31.9 Å². The molecule has 4 aromatic rings. The summed E-state index contributed by atoms with van der Waals surface area (Å²) in [5, 5.41) is 14.0. The summed E-state index contributed by atoms with van der Waals surface area (Å²) >= 11 is 1.69. The zero-order valence-electron chi connectivity index (χ0n) is 19.2. The maximum atomic E-state index is 12.2. The Morgan fingerprint density at radius 2 is 1.82 bits per heavy atom. The first-order valence-electron chi connectivity index (χ1n) is 10.6. The van der Waals surface area contributed by atoms with Crippen LogP contribution in [0.15, 0.2) is 41.7 Å². The number of carbonyl (C=O) groups excluding carboxylic acids is 1. The molecule has 3 aromatic heterocycles. The molecule has 1 atom stereocenters. The Balaban J connectivity index is 1.69. The number of aliphatic imine (C=N–C) groups is 1. The van der Waals surface area contributed by atoms with Crippen molar-refractivity contribution in [2.45, 2.75) is 33.2 Å². The zero-order valence-corrected chi connectivity index (χ0v) is 20.0. The van der Waals surface area contributed by atoms with Crippen molar-refractivity contribution in [1.29, 1.82) is 0 Å². The van der Waals surface area contributed by atoms with Gasteiger partial charge in [-0.15, -0.1) is 21.5 Å². The average Bonchev–Trinajstić information content (AvgIpc) is 3.46. The van der Waals surface area contributed by atoms with E-state index in [-0.39, 0.29) is 12.4 Å². The number of methoxy groups -OCH3 is 1. The maximum Gasteiger partial charge on any atom is 0.308 e. The molecule has 0 amide bonds. The quantitative estimate of drug-likeness (QED) is 0.428. The molecule has 5 rings (SSSR count). The average molecular weight is 461 g/mol. The Hall–Kier alpha value is -3.59. The Kier molecular flexibility index (Phi) is 5.20. The SMILES string of the molecule is COC(=O)C[C@@H]1N=C(c2ccc(-c3cnn(C)c3)cc2)c2c(sc(C)c2C)-n2c(C)nnc21. The second-order valence-electron chi connectivity index (χ2n) is 8.16. The summed E-state index contributed by atoms with van der Waals surface area (Å²) in [6, 6.07) is 7.81. The van der Waals surface area contributed by atoms with Crippen LogP contribution in [0, 0.1) is 20.8 Å². The number of hydrogen-bond donors (Lipinski definition) is 0. The monoisotopic (exact) mass is 460 g/mol. The summed E-state index contributed by atoms with van der Waals surface area (Å²) in [5.74, 6) is 1.09. The van der Waals surface area contributed by atoms with Gasteiger partial charge in [0.2, 0.25) is 0 Å². The van der Waals surface area contributed by atoms with Crippen LogP contribution in [0.5, 0.6) is 0 Å².